The first kappa shape index (κ1) is 102. The van der Waals surface area contributed by atoms with Gasteiger partial charge in [-0.05, 0) is 159 Å². The number of halogens is 12. The molecule has 7 rings (SSSR count). The van der Waals surface area contributed by atoms with Gasteiger partial charge in [0.25, 0.3) is 11.8 Å². The van der Waals surface area contributed by atoms with E-state index < -0.39 is 126 Å². The molecule has 1 saturated carbocycles. The molecular weight excluding hydrogens is 1620 g/mol. The van der Waals surface area contributed by atoms with Gasteiger partial charge in [0.15, 0.2) is 5.96 Å². The summed E-state index contributed by atoms with van der Waals surface area (Å²) < 4.78 is 127. The van der Waals surface area contributed by atoms with Crippen molar-refractivity contribution in [2.24, 2.45) is 39.6 Å². The van der Waals surface area contributed by atoms with E-state index >= 15 is 0 Å². The number of aliphatic carboxylic acids is 4. The highest BCUT2D eigenvalue weighted by molar-refractivity contribution is 5.96. The number of hydrogen-bond acceptors (Lipinski definition) is 18. The number of nitrogens with one attached hydrogen (secondary N) is 7. The number of hydrogen-bond donors (Lipinski definition) is 18. The maximum Gasteiger partial charge on any atom is 0.490 e. The third kappa shape index (κ3) is 38.3. The van der Waals surface area contributed by atoms with Gasteiger partial charge in [0, 0.05) is 26.1 Å². The number of hydrazine groups is 1. The fourth-order valence-electron chi connectivity index (χ4n) is 12.2. The van der Waals surface area contributed by atoms with Crippen molar-refractivity contribution in [3.8, 4) is 11.5 Å². The number of guanidine groups is 1. The molecule has 5 aromatic rings. The van der Waals surface area contributed by atoms with Crippen LogP contribution < -0.4 is 66.1 Å². The molecule has 1 aliphatic carbocycles. The van der Waals surface area contributed by atoms with Gasteiger partial charge in [-0.3, -0.25) is 54.7 Å². The molecule has 1 unspecified atom stereocenters. The standard InChI is InChI=1S/C69H94N14O9.4C2HF3O2/c1-43-33-53(85)34-44(2)54(43)40-55(71)62(86)78-57(26-16-32-75-69(73)74)64(88)80-60(37-46-19-8-4-9-20-46)65(89)79-58(25-14-15-31-70)66(90)81-82-67(91)61(38-47-21-10-5-11-22-47)77-59(36-45-17-6-3-7-18-45)63(87)76-41-51-39-49-23-12-13-24-50(49)42-83(51)68(92)56(72)35-48-27-29-52(84)30-28-48;4*3-2(4,5)1(6)7/h4-5,8-13,19-24,27-30,33-34,45,51,55-61,77,84-85H,3,6-7,14-18,25-26,31-32,35-42,70-72H2,1-2H3,(H,76,87)(H,78,86)(H,79,89)(H,80,88)(H,81,90)(H,82,91)(H4,73,74,75);4*(H,6,7)/t51?,55-,56-,57+,58-,59+,60-,61-;;;;/m0..../s1. The summed E-state index contributed by atoms with van der Waals surface area (Å²) >= 11 is 0. The van der Waals surface area contributed by atoms with Crippen LogP contribution in [0.25, 0.3) is 0 Å². The number of aromatic hydroxyl groups is 2. The Morgan fingerprint density at radius 2 is 0.908 bits per heavy atom. The molecule has 2 aliphatic rings. The highest BCUT2D eigenvalue weighted by Gasteiger charge is 2.42. The Balaban J connectivity index is 0.00000113. The number of alkyl halides is 12. The number of carbonyl (C=O) groups is 11. The van der Waals surface area contributed by atoms with Crippen molar-refractivity contribution in [3.05, 3.63) is 166 Å². The van der Waals surface area contributed by atoms with Crippen LogP contribution in [0.1, 0.15) is 115 Å². The van der Waals surface area contributed by atoms with E-state index in [4.69, 9.17) is 68.3 Å². The van der Waals surface area contributed by atoms with Crippen molar-refractivity contribution in [1.82, 2.24) is 42.3 Å². The van der Waals surface area contributed by atoms with Crippen molar-refractivity contribution in [2.45, 2.75) is 196 Å². The van der Waals surface area contributed by atoms with Crippen molar-refractivity contribution >= 4 is 71.2 Å². The van der Waals surface area contributed by atoms with E-state index in [2.05, 4.69) is 42.4 Å². The Bertz CT molecular complexity index is 4080. The number of benzene rings is 5. The largest absolute Gasteiger partial charge is 0.508 e. The lowest BCUT2D eigenvalue weighted by atomic mass is 9.84. The highest BCUT2D eigenvalue weighted by atomic mass is 19.4. The quantitative estimate of drug-likeness (QED) is 0.00851. The summed E-state index contributed by atoms with van der Waals surface area (Å²) in [6, 6.07) is 27.6. The molecule has 23 N–H and O–H groups in total. The van der Waals surface area contributed by atoms with E-state index in [1.165, 1.54) is 0 Å². The van der Waals surface area contributed by atoms with Gasteiger partial charge in [-0.2, -0.15) is 52.7 Å². The molecule has 7 amide bonds. The number of unbranched alkanes of at least 4 members (excludes halogenated alkanes) is 1. The average Bonchev–Trinajstić information content (AvgIpc) is 0.795. The molecule has 0 radical (unpaired) electrons. The van der Waals surface area contributed by atoms with Crippen LogP contribution in [-0.2, 0) is 91.4 Å². The number of fused-ring (bicyclic) bond motifs is 1. The third-order valence-electron chi connectivity index (χ3n) is 18.3. The van der Waals surface area contributed by atoms with Crippen LogP contribution in [0.3, 0.4) is 0 Å². The minimum Gasteiger partial charge on any atom is -0.508 e. The molecule has 120 heavy (non-hydrogen) atoms. The number of aryl methyl sites for hydroxylation is 2. The fourth-order valence-corrected chi connectivity index (χ4v) is 12.2. The number of carboxylic acids is 4. The third-order valence-corrected chi connectivity index (χ3v) is 18.3. The first-order valence-electron chi connectivity index (χ1n) is 37.1. The van der Waals surface area contributed by atoms with Crippen molar-refractivity contribution < 1.29 is 136 Å². The molecular formula is C77H98F12N14O17. The lowest BCUT2D eigenvalue weighted by Crippen LogP contribution is -2.61. The van der Waals surface area contributed by atoms with Gasteiger partial charge < -0.3 is 85.5 Å². The lowest BCUT2D eigenvalue weighted by Gasteiger charge is -2.39. The Morgan fingerprint density at radius 3 is 1.39 bits per heavy atom. The number of amides is 7. The van der Waals surface area contributed by atoms with Crippen LogP contribution in [0.4, 0.5) is 52.7 Å². The molecule has 8 atom stereocenters. The number of nitrogens with two attached hydrogens (primary N) is 5. The van der Waals surface area contributed by atoms with Crippen LogP contribution in [0.2, 0.25) is 0 Å². The maximum atomic E-state index is 14.9. The van der Waals surface area contributed by atoms with Gasteiger partial charge in [0.2, 0.25) is 29.5 Å². The number of rotatable bonds is 32. The van der Waals surface area contributed by atoms with Gasteiger partial charge in [-0.15, -0.1) is 0 Å². The minimum absolute atomic E-state index is 0.0243. The van der Waals surface area contributed by atoms with E-state index in [-0.39, 0.29) is 93.2 Å². The summed E-state index contributed by atoms with van der Waals surface area (Å²) in [4.78, 5) is 143. The van der Waals surface area contributed by atoms with Gasteiger partial charge in [0.1, 0.15) is 29.6 Å². The van der Waals surface area contributed by atoms with E-state index in [0.29, 0.717) is 44.3 Å². The van der Waals surface area contributed by atoms with Crippen molar-refractivity contribution in [3.63, 3.8) is 0 Å². The molecule has 1 fully saturated rings. The molecule has 43 heteroatoms. The summed E-state index contributed by atoms with van der Waals surface area (Å²) in [5, 5.41) is 63.5. The predicted octanol–water partition coefficient (Wildman–Crippen LogP) is 5.32. The number of phenols is 2. The Hall–Kier alpha value is -11.9. The Kier molecular flexibility index (Phi) is 42.2. The Labute approximate surface area is 680 Å². The smallest absolute Gasteiger partial charge is 0.490 e. The van der Waals surface area contributed by atoms with Gasteiger partial charge in [-0.1, -0.05) is 129 Å². The van der Waals surface area contributed by atoms with Crippen LogP contribution >= 0.6 is 0 Å². The van der Waals surface area contributed by atoms with E-state index in [0.717, 1.165) is 71.0 Å². The van der Waals surface area contributed by atoms with Gasteiger partial charge >= 0.3 is 48.6 Å². The molecule has 5 aromatic carbocycles. The second kappa shape index (κ2) is 49.5. The molecule has 0 bridgehead atoms. The summed E-state index contributed by atoms with van der Waals surface area (Å²) in [7, 11) is 0. The molecule has 31 nitrogen and oxygen atoms in total. The summed E-state index contributed by atoms with van der Waals surface area (Å²) in [5.41, 5.74) is 41.8. The van der Waals surface area contributed by atoms with Gasteiger partial charge in [0.05, 0.1) is 30.2 Å². The first-order valence-corrected chi connectivity index (χ1v) is 37.1. The summed E-state index contributed by atoms with van der Waals surface area (Å²) in [5.74, 6) is -15.0. The van der Waals surface area contributed by atoms with Crippen molar-refractivity contribution in [2.75, 3.05) is 19.6 Å². The number of nitrogens with zero attached hydrogens (tertiary/aromatic N) is 2. The second-order valence-corrected chi connectivity index (χ2v) is 27.7. The monoisotopic (exact) mass is 1720 g/mol. The zero-order valence-corrected chi connectivity index (χ0v) is 64.9. The van der Waals surface area contributed by atoms with Gasteiger partial charge in [-0.25, -0.2) is 19.2 Å². The molecule has 0 spiro atoms. The normalized spacial score (nSPS) is 15.0. The average molecular weight is 1720 g/mol. The molecule has 0 saturated heterocycles. The van der Waals surface area contributed by atoms with Crippen molar-refractivity contribution in [1.29, 1.82) is 0 Å². The van der Waals surface area contributed by atoms with Crippen LogP contribution in [0.5, 0.6) is 11.5 Å². The summed E-state index contributed by atoms with van der Waals surface area (Å²) in [6.45, 7) is 4.41. The maximum absolute atomic E-state index is 14.9. The first-order chi connectivity index (χ1) is 56.0. The minimum atomic E-state index is -5.08. The molecule has 0 aromatic heterocycles. The zero-order valence-electron chi connectivity index (χ0n) is 64.9. The molecule has 662 valence electrons. The SMILES string of the molecule is Cc1cc(O)cc(C)c1C[C@H](N)C(=O)N[C@H](CCCN=C(N)N)C(=O)N[C@@H](Cc1ccccc1)C(=O)N[C@@H](CCCCN)C(=O)NNC(=O)[C@H](Cc1ccccc1)N[C@H](CC1CCCCC1)C(=O)NCC1Cc2ccccc2CN1C(=O)[C@@H](N)Cc1ccc(O)cc1.O=C(O)C(F)(F)F.O=C(O)C(F)(F)F.O=C(O)C(F)(F)F.O=C(O)C(F)(F)F. The summed E-state index contributed by atoms with van der Waals surface area (Å²) in [6.07, 6.45) is -12.8. The van der Waals surface area contributed by atoms with E-state index in [1.807, 2.05) is 54.6 Å². The lowest BCUT2D eigenvalue weighted by molar-refractivity contribution is -0.193. The fraction of sp³-hybridized carbons (Fsp3) is 0.455. The van der Waals surface area contributed by atoms with Crippen LogP contribution in [0, 0.1) is 19.8 Å². The van der Waals surface area contributed by atoms with Crippen LogP contribution in [-0.4, -0.2) is 199 Å². The Morgan fingerprint density at radius 1 is 0.483 bits per heavy atom. The zero-order chi connectivity index (χ0) is 90.4. The number of carbonyl (C=O) groups excluding carboxylic acids is 7. The molecule has 1 aliphatic heterocycles. The molecule has 1 heterocycles. The van der Waals surface area contributed by atoms with E-state index in [9.17, 15) is 96.5 Å². The predicted molar refractivity (Wildman–Crippen MR) is 408 cm³/mol. The number of carboxylic acid groups (broad SMARTS) is 4. The number of phenolic OH excluding ortho intramolecular Hbond substituents is 2. The second-order valence-electron chi connectivity index (χ2n) is 27.7. The highest BCUT2D eigenvalue weighted by Crippen LogP contribution is 2.30. The van der Waals surface area contributed by atoms with Crippen LogP contribution in [0.15, 0.2) is 126 Å². The number of aliphatic imine (C=N–C) groups is 1. The van der Waals surface area contributed by atoms with E-state index in [1.54, 1.807) is 85.5 Å². The topological polar surface area (TPSA) is 539 Å².